The molecule has 0 bridgehead atoms. The molecule has 6 nitrogen and oxygen atoms in total. The number of rotatable bonds is 7. The number of nitrogens with one attached hydrogen (secondary N) is 2. The van der Waals surface area contributed by atoms with Gasteiger partial charge in [-0.3, -0.25) is 0 Å². The number of nitrogens with two attached hydrogens (primary N) is 1. The minimum atomic E-state index is -2.90. The third kappa shape index (κ3) is 7.81. The average molecular weight is 223 g/mol. The number of carbonyl (C=O) groups excluding carboxylic acids is 1. The maximum absolute atomic E-state index is 11.0. The van der Waals surface area contributed by atoms with E-state index < -0.39 is 15.9 Å². The number of sulfone groups is 1. The molecule has 14 heavy (non-hydrogen) atoms. The van der Waals surface area contributed by atoms with Crippen molar-refractivity contribution in [2.75, 3.05) is 31.1 Å². The van der Waals surface area contributed by atoms with Gasteiger partial charge in [0.05, 0.1) is 5.75 Å². The van der Waals surface area contributed by atoms with Crippen molar-refractivity contribution in [1.82, 2.24) is 10.6 Å². The highest BCUT2D eigenvalue weighted by molar-refractivity contribution is 7.91. The summed E-state index contributed by atoms with van der Waals surface area (Å²) in [5.74, 6) is 0.286. The van der Waals surface area contributed by atoms with Crippen LogP contribution in [0.3, 0.4) is 0 Å². The number of urea groups is 1. The molecule has 0 aromatic carbocycles. The highest BCUT2D eigenvalue weighted by Gasteiger charge is 2.05. The van der Waals surface area contributed by atoms with Gasteiger partial charge in [-0.2, -0.15) is 0 Å². The molecule has 84 valence electrons. The summed E-state index contributed by atoms with van der Waals surface area (Å²) in [7, 11) is -2.90. The standard InChI is InChI=1S/C7H17N3O3S/c1-2-14(12,13)6-5-9-3-4-10-7(8)11/h9H,2-6H2,1H3,(H3,8,10,11). The van der Waals surface area contributed by atoms with E-state index in [1.54, 1.807) is 6.92 Å². The van der Waals surface area contributed by atoms with Crippen LogP contribution in [-0.2, 0) is 9.84 Å². The molecule has 0 radical (unpaired) electrons. The molecule has 0 aliphatic carbocycles. The van der Waals surface area contributed by atoms with Gasteiger partial charge >= 0.3 is 6.03 Å². The maximum atomic E-state index is 11.0. The zero-order valence-corrected chi connectivity index (χ0v) is 9.06. The van der Waals surface area contributed by atoms with Crippen molar-refractivity contribution in [2.45, 2.75) is 6.92 Å². The second-order valence-electron chi connectivity index (χ2n) is 2.78. The number of amides is 2. The predicted molar refractivity (Wildman–Crippen MR) is 54.8 cm³/mol. The van der Waals surface area contributed by atoms with E-state index in [9.17, 15) is 13.2 Å². The summed E-state index contributed by atoms with van der Waals surface area (Å²) >= 11 is 0. The van der Waals surface area contributed by atoms with Gasteiger partial charge in [0.25, 0.3) is 0 Å². The zero-order valence-electron chi connectivity index (χ0n) is 8.25. The molecule has 0 aliphatic heterocycles. The summed E-state index contributed by atoms with van der Waals surface area (Å²) in [6.07, 6.45) is 0. The third-order valence-electron chi connectivity index (χ3n) is 1.63. The molecule has 0 spiro atoms. The molecule has 7 heteroatoms. The van der Waals surface area contributed by atoms with E-state index in [0.717, 1.165) is 0 Å². The van der Waals surface area contributed by atoms with Gasteiger partial charge in [-0.1, -0.05) is 6.92 Å². The van der Waals surface area contributed by atoms with E-state index in [1.165, 1.54) is 0 Å². The molecule has 0 unspecified atom stereocenters. The monoisotopic (exact) mass is 223 g/mol. The molecule has 4 N–H and O–H groups in total. The Bertz CT molecular complexity index is 263. The number of hydrogen-bond donors (Lipinski definition) is 3. The van der Waals surface area contributed by atoms with Crippen molar-refractivity contribution in [3.05, 3.63) is 0 Å². The molecule has 0 rings (SSSR count). The van der Waals surface area contributed by atoms with E-state index in [1.807, 2.05) is 0 Å². The lowest BCUT2D eigenvalue weighted by atomic mass is 10.6. The zero-order chi connectivity index (χ0) is 11.0. The SMILES string of the molecule is CCS(=O)(=O)CCNCCNC(N)=O. The highest BCUT2D eigenvalue weighted by atomic mass is 32.2. The first-order valence-corrected chi connectivity index (χ1v) is 6.24. The molecular formula is C7H17N3O3S. The van der Waals surface area contributed by atoms with Crippen molar-refractivity contribution >= 4 is 15.9 Å². The first kappa shape index (κ1) is 13.2. The summed E-state index contributed by atoms with van der Waals surface area (Å²) in [4.78, 5) is 10.2. The lowest BCUT2D eigenvalue weighted by molar-refractivity contribution is 0.249. The van der Waals surface area contributed by atoms with Gasteiger partial charge < -0.3 is 16.4 Å². The minimum Gasteiger partial charge on any atom is -0.352 e. The van der Waals surface area contributed by atoms with Crippen molar-refractivity contribution in [2.24, 2.45) is 5.73 Å². The molecule has 0 saturated carbocycles. The quantitative estimate of drug-likeness (QED) is 0.466. The highest BCUT2D eigenvalue weighted by Crippen LogP contribution is 1.86. The fourth-order valence-electron chi connectivity index (χ4n) is 0.771. The average Bonchev–Trinajstić information content (AvgIpc) is 2.10. The van der Waals surface area contributed by atoms with Crippen LogP contribution < -0.4 is 16.4 Å². The Hall–Kier alpha value is -0.820. The van der Waals surface area contributed by atoms with Crippen LogP contribution in [0.15, 0.2) is 0 Å². The Balaban J connectivity index is 3.35. The van der Waals surface area contributed by atoms with Crippen LogP contribution in [0.4, 0.5) is 4.79 Å². The minimum absolute atomic E-state index is 0.125. The first-order valence-electron chi connectivity index (χ1n) is 4.42. The van der Waals surface area contributed by atoms with Gasteiger partial charge in [0.1, 0.15) is 0 Å². The Kier molecular flexibility index (Phi) is 6.22. The van der Waals surface area contributed by atoms with Gasteiger partial charge in [-0.05, 0) is 0 Å². The van der Waals surface area contributed by atoms with E-state index in [4.69, 9.17) is 5.73 Å². The van der Waals surface area contributed by atoms with Crippen LogP contribution in [0.1, 0.15) is 6.92 Å². The normalized spacial score (nSPS) is 11.2. The van der Waals surface area contributed by atoms with Crippen LogP contribution >= 0.6 is 0 Å². The Labute approximate surface area is 84.2 Å². The van der Waals surface area contributed by atoms with Crippen LogP contribution in [0, 0.1) is 0 Å². The largest absolute Gasteiger partial charge is 0.352 e. The van der Waals surface area contributed by atoms with Crippen molar-refractivity contribution in [3.63, 3.8) is 0 Å². The summed E-state index contributed by atoms with van der Waals surface area (Å²) in [6, 6.07) is -0.576. The van der Waals surface area contributed by atoms with E-state index in [-0.39, 0.29) is 11.5 Å². The van der Waals surface area contributed by atoms with Crippen LogP contribution in [0.2, 0.25) is 0 Å². The van der Waals surface area contributed by atoms with Crippen LogP contribution in [0.25, 0.3) is 0 Å². The van der Waals surface area contributed by atoms with Gasteiger partial charge in [-0.25, -0.2) is 13.2 Å². The fourth-order valence-corrected chi connectivity index (χ4v) is 1.52. The fraction of sp³-hybridized carbons (Fsp3) is 0.857. The van der Waals surface area contributed by atoms with Gasteiger partial charge in [0, 0.05) is 25.4 Å². The molecule has 0 atom stereocenters. The summed E-state index contributed by atoms with van der Waals surface area (Å²) in [6.45, 7) is 2.93. The molecule has 0 aromatic heterocycles. The van der Waals surface area contributed by atoms with E-state index in [0.29, 0.717) is 19.6 Å². The predicted octanol–water partition coefficient (Wildman–Crippen LogP) is -1.32. The first-order chi connectivity index (χ1) is 6.48. The van der Waals surface area contributed by atoms with Gasteiger partial charge in [0.2, 0.25) is 0 Å². The topological polar surface area (TPSA) is 101 Å². The van der Waals surface area contributed by atoms with E-state index >= 15 is 0 Å². The Morgan fingerprint density at radius 1 is 1.29 bits per heavy atom. The van der Waals surface area contributed by atoms with E-state index in [2.05, 4.69) is 10.6 Å². The van der Waals surface area contributed by atoms with Crippen LogP contribution in [-0.4, -0.2) is 45.6 Å². The number of primary amides is 1. The van der Waals surface area contributed by atoms with Crippen molar-refractivity contribution in [1.29, 1.82) is 0 Å². The Morgan fingerprint density at radius 3 is 2.43 bits per heavy atom. The van der Waals surface area contributed by atoms with Crippen molar-refractivity contribution < 1.29 is 13.2 Å². The molecule has 0 aromatic rings. The molecule has 2 amide bonds. The summed E-state index contributed by atoms with van der Waals surface area (Å²) in [5, 5.41) is 5.27. The number of hydrogen-bond acceptors (Lipinski definition) is 4. The maximum Gasteiger partial charge on any atom is 0.312 e. The van der Waals surface area contributed by atoms with Gasteiger partial charge in [0.15, 0.2) is 9.84 Å². The molecular weight excluding hydrogens is 206 g/mol. The molecule has 0 saturated heterocycles. The second-order valence-corrected chi connectivity index (χ2v) is 5.25. The smallest absolute Gasteiger partial charge is 0.312 e. The molecule has 0 heterocycles. The number of carbonyl (C=O) groups is 1. The van der Waals surface area contributed by atoms with Crippen LogP contribution in [0.5, 0.6) is 0 Å². The third-order valence-corrected chi connectivity index (χ3v) is 3.34. The lowest BCUT2D eigenvalue weighted by Gasteiger charge is -2.04. The van der Waals surface area contributed by atoms with Crippen molar-refractivity contribution in [3.8, 4) is 0 Å². The van der Waals surface area contributed by atoms with Gasteiger partial charge in [-0.15, -0.1) is 0 Å². The lowest BCUT2D eigenvalue weighted by Crippen LogP contribution is -2.36. The summed E-state index contributed by atoms with van der Waals surface area (Å²) < 4.78 is 22.0. The summed E-state index contributed by atoms with van der Waals surface area (Å²) in [5.41, 5.74) is 4.82. The second kappa shape index (κ2) is 6.61. The molecule has 0 aliphatic rings. The molecule has 0 fully saturated rings. The Morgan fingerprint density at radius 2 is 1.93 bits per heavy atom.